The van der Waals surface area contributed by atoms with Gasteiger partial charge in [0.1, 0.15) is 19.3 Å². The van der Waals surface area contributed by atoms with Crippen molar-refractivity contribution >= 4 is 39.5 Å². The molecule has 0 aliphatic heterocycles. The summed E-state index contributed by atoms with van der Waals surface area (Å²) in [6.45, 7) is 7.25. The summed E-state index contributed by atoms with van der Waals surface area (Å²) in [7, 11) is -9.91. The third kappa shape index (κ3) is 72.2. The first kappa shape index (κ1) is 95.1. The first-order valence-electron chi connectivity index (χ1n) is 40.6. The lowest BCUT2D eigenvalue weighted by atomic mass is 10.0. The lowest BCUT2D eigenvalue weighted by Gasteiger charge is -2.21. The lowest BCUT2D eigenvalue weighted by Crippen LogP contribution is -2.30. The van der Waals surface area contributed by atoms with Gasteiger partial charge in [0.05, 0.1) is 26.4 Å². The van der Waals surface area contributed by atoms with Gasteiger partial charge in [-0.15, -0.1) is 0 Å². The van der Waals surface area contributed by atoms with Crippen LogP contribution in [0.1, 0.15) is 413 Å². The molecule has 0 bridgehead atoms. The van der Waals surface area contributed by atoms with E-state index in [4.69, 9.17) is 37.0 Å². The fourth-order valence-electron chi connectivity index (χ4n) is 12.1. The third-order valence-electron chi connectivity index (χ3n) is 18.3. The highest BCUT2D eigenvalue weighted by Gasteiger charge is 2.30. The van der Waals surface area contributed by atoms with Gasteiger partial charge in [-0.2, -0.15) is 0 Å². The maximum absolute atomic E-state index is 13.1. The van der Waals surface area contributed by atoms with Crippen molar-refractivity contribution in [1.82, 2.24) is 0 Å². The van der Waals surface area contributed by atoms with E-state index in [1.807, 2.05) is 0 Å². The molecule has 0 heterocycles. The van der Waals surface area contributed by atoms with Crippen LogP contribution in [0.5, 0.6) is 0 Å². The predicted octanol–water partition coefficient (Wildman–Crippen LogP) is 23.3. The summed E-state index contributed by atoms with van der Waals surface area (Å²) in [6.07, 6.45) is 61.3. The Hall–Kier alpha value is -1.94. The van der Waals surface area contributed by atoms with Crippen LogP contribution < -0.4 is 0 Å². The third-order valence-corrected chi connectivity index (χ3v) is 20.2. The van der Waals surface area contributed by atoms with E-state index in [1.165, 1.54) is 231 Å². The van der Waals surface area contributed by atoms with Crippen LogP contribution in [0.2, 0.25) is 0 Å². The number of hydrogen-bond acceptors (Lipinski definition) is 15. The van der Waals surface area contributed by atoms with E-state index < -0.39 is 97.5 Å². The summed E-state index contributed by atoms with van der Waals surface area (Å²) in [6, 6.07) is 0. The van der Waals surface area contributed by atoms with Gasteiger partial charge in [0.15, 0.2) is 12.2 Å². The molecule has 0 aromatic heterocycles. The number of phosphoric ester groups is 2. The van der Waals surface area contributed by atoms with Gasteiger partial charge >= 0.3 is 39.5 Å². The van der Waals surface area contributed by atoms with Crippen LogP contribution in [0, 0.1) is 5.92 Å². The second-order valence-electron chi connectivity index (χ2n) is 28.6. The van der Waals surface area contributed by atoms with Gasteiger partial charge in [-0.1, -0.05) is 362 Å². The highest BCUT2D eigenvalue weighted by molar-refractivity contribution is 7.47. The Morgan fingerprint density at radius 3 is 0.701 bits per heavy atom. The topological polar surface area (TPSA) is 237 Å². The molecule has 0 aromatic carbocycles. The number of esters is 4. The SMILES string of the molecule is CCCCCCCCCCCCCCCCCCCCCCCCC(=O)O[C@H](COC(=O)CCCCCCCCCCCCCCCCC)COP(=O)(O)OC[C@@H](O)COP(=O)(O)OC[C@@H](COC(=O)CCCCCCCCCC)OC(=O)CCCCCCCCCCCC(C)C. The maximum Gasteiger partial charge on any atom is 0.472 e. The van der Waals surface area contributed by atoms with Crippen LogP contribution in [0.3, 0.4) is 0 Å². The number of aliphatic hydroxyl groups excluding tert-OH is 1. The smallest absolute Gasteiger partial charge is 0.462 e. The zero-order valence-corrected chi connectivity index (χ0v) is 65.0. The number of ether oxygens (including phenoxy) is 4. The van der Waals surface area contributed by atoms with E-state index in [2.05, 4.69) is 34.6 Å². The van der Waals surface area contributed by atoms with Gasteiger partial charge in [0, 0.05) is 25.7 Å². The van der Waals surface area contributed by atoms with Crippen LogP contribution in [0.15, 0.2) is 0 Å². The number of unbranched alkanes of at least 4 members (excludes halogenated alkanes) is 50. The molecule has 0 amide bonds. The molecule has 3 N–H and O–H groups in total. The van der Waals surface area contributed by atoms with E-state index in [0.29, 0.717) is 25.7 Å². The zero-order chi connectivity index (χ0) is 71.2. The molecule has 0 aliphatic carbocycles. The van der Waals surface area contributed by atoms with Crippen molar-refractivity contribution in [2.24, 2.45) is 5.92 Å². The second-order valence-corrected chi connectivity index (χ2v) is 31.5. The van der Waals surface area contributed by atoms with Crippen molar-refractivity contribution in [2.45, 2.75) is 432 Å². The van der Waals surface area contributed by atoms with Crippen LogP contribution >= 0.6 is 15.6 Å². The van der Waals surface area contributed by atoms with Crippen LogP contribution in [-0.2, 0) is 65.4 Å². The average molecular weight is 1420 g/mol. The fourth-order valence-corrected chi connectivity index (χ4v) is 13.6. The standard InChI is InChI=1S/C78H152O17P2/c1-6-9-12-15-18-21-23-25-27-28-29-30-31-32-33-35-37-39-43-48-53-58-63-77(82)94-74(68-89-76(81)62-57-52-47-42-38-36-34-26-24-22-19-16-13-10-7-2)70-93-97(86,87)91-66-72(79)65-90-96(84,85)92-69-73(67-88-75(80)61-56-51-46-20-17-14-11-8-3)95-78(83)64-59-54-49-44-40-41-45-50-55-60-71(4)5/h71-74,79H,6-70H2,1-5H3,(H,84,85)(H,86,87)/t72-,73+,74+/m0/s1. The molecule has 0 saturated heterocycles. The average Bonchev–Trinajstić information content (AvgIpc) is 2.17. The Labute approximate surface area is 594 Å². The maximum atomic E-state index is 13.1. The van der Waals surface area contributed by atoms with Gasteiger partial charge in [-0.25, -0.2) is 9.13 Å². The van der Waals surface area contributed by atoms with Gasteiger partial charge < -0.3 is 33.8 Å². The molecular weight excluding hydrogens is 1270 g/mol. The summed E-state index contributed by atoms with van der Waals surface area (Å²) >= 11 is 0. The van der Waals surface area contributed by atoms with Crippen LogP contribution in [-0.4, -0.2) is 96.7 Å². The van der Waals surface area contributed by atoms with Crippen LogP contribution in [0.25, 0.3) is 0 Å². The number of carbonyl (C=O) groups is 4. The van der Waals surface area contributed by atoms with Crippen molar-refractivity contribution in [3.63, 3.8) is 0 Å². The quantitative estimate of drug-likeness (QED) is 0.0222. The summed E-state index contributed by atoms with van der Waals surface area (Å²) in [5.74, 6) is -1.38. The minimum atomic E-state index is -4.96. The molecule has 17 nitrogen and oxygen atoms in total. The Bertz CT molecular complexity index is 1860. The van der Waals surface area contributed by atoms with Gasteiger partial charge in [0.25, 0.3) is 0 Å². The Balaban J connectivity index is 5.17. The molecule has 0 radical (unpaired) electrons. The molecule has 0 spiro atoms. The highest BCUT2D eigenvalue weighted by Crippen LogP contribution is 2.45. The number of rotatable bonds is 78. The number of carbonyl (C=O) groups excluding carboxylic acids is 4. The van der Waals surface area contributed by atoms with E-state index in [-0.39, 0.29) is 25.7 Å². The first-order chi connectivity index (χ1) is 47.0. The largest absolute Gasteiger partial charge is 0.472 e. The van der Waals surface area contributed by atoms with Crippen molar-refractivity contribution in [2.75, 3.05) is 39.6 Å². The molecule has 5 atom stereocenters. The molecule has 0 aromatic rings. The van der Waals surface area contributed by atoms with Crippen LogP contribution in [0.4, 0.5) is 0 Å². The molecule has 0 saturated carbocycles. The Kier molecular flexibility index (Phi) is 69.6. The normalized spacial score (nSPS) is 13.9. The summed E-state index contributed by atoms with van der Waals surface area (Å²) in [4.78, 5) is 72.8. The van der Waals surface area contributed by atoms with Crippen molar-refractivity contribution in [3.05, 3.63) is 0 Å². The molecule has 2 unspecified atom stereocenters. The molecule has 0 rings (SSSR count). The van der Waals surface area contributed by atoms with Gasteiger partial charge in [-0.3, -0.25) is 37.3 Å². The molecule has 0 aliphatic rings. The predicted molar refractivity (Wildman–Crippen MR) is 395 cm³/mol. The minimum absolute atomic E-state index is 0.106. The molecule has 19 heteroatoms. The Morgan fingerprint density at radius 2 is 0.474 bits per heavy atom. The molecule has 0 fully saturated rings. The summed E-state index contributed by atoms with van der Waals surface area (Å²) in [5, 5.41) is 10.6. The fraction of sp³-hybridized carbons (Fsp3) is 0.949. The van der Waals surface area contributed by atoms with Crippen molar-refractivity contribution in [3.8, 4) is 0 Å². The minimum Gasteiger partial charge on any atom is -0.462 e. The van der Waals surface area contributed by atoms with E-state index in [9.17, 15) is 43.2 Å². The van der Waals surface area contributed by atoms with Gasteiger partial charge in [-0.05, 0) is 31.6 Å². The van der Waals surface area contributed by atoms with Gasteiger partial charge in [0.2, 0.25) is 0 Å². The highest BCUT2D eigenvalue weighted by atomic mass is 31.2. The number of aliphatic hydroxyl groups is 1. The van der Waals surface area contributed by atoms with E-state index >= 15 is 0 Å². The molecular formula is C78H152O17P2. The monoisotopic (exact) mass is 1420 g/mol. The lowest BCUT2D eigenvalue weighted by molar-refractivity contribution is -0.161. The van der Waals surface area contributed by atoms with E-state index in [1.54, 1.807) is 0 Å². The summed E-state index contributed by atoms with van der Waals surface area (Å²) in [5.41, 5.74) is 0. The van der Waals surface area contributed by atoms with E-state index in [0.717, 1.165) is 102 Å². The number of hydrogen-bond donors (Lipinski definition) is 3. The van der Waals surface area contributed by atoms with Crippen molar-refractivity contribution < 1.29 is 80.2 Å². The number of phosphoric acid groups is 2. The molecule has 576 valence electrons. The van der Waals surface area contributed by atoms with Crippen molar-refractivity contribution in [1.29, 1.82) is 0 Å². The second kappa shape index (κ2) is 71.1. The zero-order valence-electron chi connectivity index (χ0n) is 63.2. The summed E-state index contributed by atoms with van der Waals surface area (Å²) < 4.78 is 68.5. The first-order valence-corrected chi connectivity index (χ1v) is 43.6. The Morgan fingerprint density at radius 1 is 0.278 bits per heavy atom. The molecule has 97 heavy (non-hydrogen) atoms.